The van der Waals surface area contributed by atoms with E-state index in [1.807, 2.05) is 4.90 Å². The van der Waals surface area contributed by atoms with Crippen molar-refractivity contribution in [2.45, 2.75) is 57.6 Å². The lowest BCUT2D eigenvalue weighted by Gasteiger charge is -2.47. The topological polar surface area (TPSA) is 29.5 Å². The van der Waals surface area contributed by atoms with E-state index in [9.17, 15) is 9.18 Å². The normalized spacial score (nSPS) is 25.3. The van der Waals surface area contributed by atoms with Crippen molar-refractivity contribution in [3.63, 3.8) is 0 Å². The number of hydrogen-bond donors (Lipinski definition) is 0. The van der Waals surface area contributed by atoms with Crippen molar-refractivity contribution in [2.75, 3.05) is 13.2 Å². The van der Waals surface area contributed by atoms with Crippen LogP contribution in [0.1, 0.15) is 57.6 Å². The Hall–Kier alpha value is -1.42. The van der Waals surface area contributed by atoms with Gasteiger partial charge in [0.05, 0.1) is 18.7 Å². The van der Waals surface area contributed by atoms with Crippen LogP contribution in [0, 0.1) is 11.7 Å². The lowest BCUT2D eigenvalue weighted by molar-refractivity contribution is -0.160. The molecule has 0 bridgehead atoms. The first-order valence-electron chi connectivity index (χ1n) is 8.66. The average molecular weight is 319 g/mol. The first-order chi connectivity index (χ1) is 11.0. The molecule has 0 spiro atoms. The van der Waals surface area contributed by atoms with Crippen molar-refractivity contribution in [1.29, 1.82) is 0 Å². The molecule has 3 rings (SSSR count). The van der Waals surface area contributed by atoms with E-state index in [1.54, 1.807) is 12.1 Å². The quantitative estimate of drug-likeness (QED) is 0.822. The van der Waals surface area contributed by atoms with E-state index in [-0.39, 0.29) is 29.3 Å². The van der Waals surface area contributed by atoms with Gasteiger partial charge in [0.15, 0.2) is 0 Å². The molecule has 1 amide bonds. The fourth-order valence-electron chi connectivity index (χ4n) is 3.69. The Kier molecular flexibility index (Phi) is 4.72. The fraction of sp³-hybridized carbons (Fsp3) is 0.632. The van der Waals surface area contributed by atoms with Gasteiger partial charge in [-0.15, -0.1) is 0 Å². The van der Waals surface area contributed by atoms with E-state index in [1.165, 1.54) is 18.6 Å². The molecule has 0 radical (unpaired) electrons. The minimum atomic E-state index is -0.287. The van der Waals surface area contributed by atoms with Crippen molar-refractivity contribution in [3.05, 3.63) is 35.6 Å². The van der Waals surface area contributed by atoms with Gasteiger partial charge in [-0.2, -0.15) is 0 Å². The third-order valence-corrected chi connectivity index (χ3v) is 5.18. The molecule has 1 saturated heterocycles. The summed E-state index contributed by atoms with van der Waals surface area (Å²) in [7, 11) is 0. The number of hydrogen-bond acceptors (Lipinski definition) is 2. The SMILES string of the molecule is CC1(C)COC(c2ccc(F)cc2)CN1C(=O)C1CCCCC1. The number of nitrogens with zero attached hydrogens (tertiary/aromatic N) is 1. The molecule has 1 aliphatic heterocycles. The van der Waals surface area contributed by atoms with Gasteiger partial charge in [0.2, 0.25) is 5.91 Å². The summed E-state index contributed by atoms with van der Waals surface area (Å²) in [5, 5.41) is 0. The third kappa shape index (κ3) is 3.57. The summed E-state index contributed by atoms with van der Waals surface area (Å²) in [6.07, 6.45) is 5.40. The molecule has 23 heavy (non-hydrogen) atoms. The number of amides is 1. The third-order valence-electron chi connectivity index (χ3n) is 5.18. The van der Waals surface area contributed by atoms with Crippen LogP contribution in [0.4, 0.5) is 4.39 Å². The van der Waals surface area contributed by atoms with Crippen LogP contribution >= 0.6 is 0 Å². The Morgan fingerprint density at radius 1 is 1.17 bits per heavy atom. The lowest BCUT2D eigenvalue weighted by Crippen LogP contribution is -2.57. The fourth-order valence-corrected chi connectivity index (χ4v) is 3.69. The van der Waals surface area contributed by atoms with Crippen LogP contribution in [-0.2, 0) is 9.53 Å². The summed E-state index contributed by atoms with van der Waals surface area (Å²) in [5.74, 6) is 0.181. The van der Waals surface area contributed by atoms with Gasteiger partial charge >= 0.3 is 0 Å². The Bertz CT molecular complexity index is 549. The van der Waals surface area contributed by atoms with Gasteiger partial charge in [0, 0.05) is 5.92 Å². The van der Waals surface area contributed by atoms with Gasteiger partial charge in [-0.3, -0.25) is 4.79 Å². The Morgan fingerprint density at radius 2 is 1.83 bits per heavy atom. The van der Waals surface area contributed by atoms with Crippen LogP contribution in [0.25, 0.3) is 0 Å². The molecule has 126 valence electrons. The summed E-state index contributed by atoms with van der Waals surface area (Å²) in [6, 6.07) is 6.40. The highest BCUT2D eigenvalue weighted by Crippen LogP contribution is 2.34. The van der Waals surface area contributed by atoms with Crippen molar-refractivity contribution in [3.8, 4) is 0 Å². The Morgan fingerprint density at radius 3 is 2.48 bits per heavy atom. The van der Waals surface area contributed by atoms with Gasteiger partial charge in [-0.1, -0.05) is 31.4 Å². The van der Waals surface area contributed by atoms with Crippen LogP contribution in [0.15, 0.2) is 24.3 Å². The second-order valence-corrected chi connectivity index (χ2v) is 7.45. The molecule has 0 aromatic heterocycles. The van der Waals surface area contributed by atoms with Crippen molar-refractivity contribution in [2.24, 2.45) is 5.92 Å². The van der Waals surface area contributed by atoms with Crippen molar-refractivity contribution < 1.29 is 13.9 Å². The first-order valence-corrected chi connectivity index (χ1v) is 8.66. The summed E-state index contributed by atoms with van der Waals surface area (Å²) in [5.41, 5.74) is 0.647. The maximum atomic E-state index is 13.1. The van der Waals surface area contributed by atoms with Gasteiger partial charge in [0.25, 0.3) is 0 Å². The second-order valence-electron chi connectivity index (χ2n) is 7.45. The molecule has 1 aromatic rings. The molecular weight excluding hydrogens is 293 g/mol. The smallest absolute Gasteiger partial charge is 0.226 e. The Labute approximate surface area is 137 Å². The van der Waals surface area contributed by atoms with Gasteiger partial charge in [-0.05, 0) is 44.4 Å². The monoisotopic (exact) mass is 319 g/mol. The first kappa shape index (κ1) is 16.4. The highest BCUT2D eigenvalue weighted by Gasteiger charge is 2.40. The second kappa shape index (κ2) is 6.60. The maximum absolute atomic E-state index is 13.1. The zero-order valence-electron chi connectivity index (χ0n) is 14.1. The molecule has 2 aliphatic rings. The Balaban J connectivity index is 1.76. The van der Waals surface area contributed by atoms with Crippen LogP contribution in [0.5, 0.6) is 0 Å². The minimum absolute atomic E-state index is 0.162. The molecular formula is C19H26FNO2. The van der Waals surface area contributed by atoms with Gasteiger partial charge in [0.1, 0.15) is 11.9 Å². The van der Waals surface area contributed by atoms with Crippen molar-refractivity contribution >= 4 is 5.91 Å². The van der Waals surface area contributed by atoms with E-state index in [0.29, 0.717) is 13.2 Å². The number of morpholine rings is 1. The van der Waals surface area contributed by atoms with Crippen LogP contribution in [0.2, 0.25) is 0 Å². The summed E-state index contributed by atoms with van der Waals surface area (Å²) in [6.45, 7) is 5.19. The highest BCUT2D eigenvalue weighted by molar-refractivity contribution is 5.80. The summed E-state index contributed by atoms with van der Waals surface area (Å²) in [4.78, 5) is 15.0. The average Bonchev–Trinajstić information content (AvgIpc) is 2.56. The summed E-state index contributed by atoms with van der Waals surface area (Å²) >= 11 is 0. The molecule has 0 N–H and O–H groups in total. The van der Waals surface area contributed by atoms with E-state index < -0.39 is 0 Å². The zero-order valence-corrected chi connectivity index (χ0v) is 14.1. The van der Waals surface area contributed by atoms with Gasteiger partial charge < -0.3 is 9.64 Å². The number of rotatable bonds is 2. The number of halogens is 1. The molecule has 4 heteroatoms. The highest BCUT2D eigenvalue weighted by atomic mass is 19.1. The largest absolute Gasteiger partial charge is 0.369 e. The van der Waals surface area contributed by atoms with Crippen molar-refractivity contribution in [1.82, 2.24) is 4.90 Å². The molecule has 1 unspecified atom stereocenters. The number of carbonyl (C=O) groups excluding carboxylic acids is 1. The molecule has 1 heterocycles. The standard InChI is InChI=1S/C19H26FNO2/c1-19(2)13-23-17(14-8-10-16(20)11-9-14)12-21(19)18(22)15-6-4-3-5-7-15/h8-11,15,17H,3-7,12-13H2,1-2H3. The lowest BCUT2D eigenvalue weighted by atomic mass is 9.86. The predicted octanol–water partition coefficient (Wildman–Crippen LogP) is 4.08. The maximum Gasteiger partial charge on any atom is 0.226 e. The molecule has 2 fully saturated rings. The van der Waals surface area contributed by atoms with E-state index in [4.69, 9.17) is 4.74 Å². The minimum Gasteiger partial charge on any atom is -0.369 e. The van der Waals surface area contributed by atoms with Crippen LogP contribution < -0.4 is 0 Å². The van der Waals surface area contributed by atoms with E-state index in [0.717, 1.165) is 31.2 Å². The van der Waals surface area contributed by atoms with Crippen LogP contribution in [0.3, 0.4) is 0 Å². The zero-order chi connectivity index (χ0) is 16.4. The van der Waals surface area contributed by atoms with E-state index >= 15 is 0 Å². The van der Waals surface area contributed by atoms with Crippen LogP contribution in [-0.4, -0.2) is 29.5 Å². The molecule has 1 aromatic carbocycles. The number of carbonyl (C=O) groups is 1. The number of benzene rings is 1. The van der Waals surface area contributed by atoms with Gasteiger partial charge in [-0.25, -0.2) is 4.39 Å². The predicted molar refractivity (Wildman–Crippen MR) is 87.5 cm³/mol. The molecule has 1 saturated carbocycles. The molecule has 3 nitrogen and oxygen atoms in total. The molecule has 1 aliphatic carbocycles. The number of ether oxygens (including phenoxy) is 1. The molecule has 1 atom stereocenters. The summed E-state index contributed by atoms with van der Waals surface area (Å²) < 4.78 is 19.1. The van der Waals surface area contributed by atoms with E-state index in [2.05, 4.69) is 13.8 Å².